The van der Waals surface area contributed by atoms with E-state index in [1.807, 2.05) is 42.9 Å². The molecule has 0 saturated carbocycles. The van der Waals surface area contributed by atoms with Crippen LogP contribution in [0.1, 0.15) is 29.5 Å². The van der Waals surface area contributed by atoms with Crippen LogP contribution in [0.2, 0.25) is 0 Å². The van der Waals surface area contributed by atoms with Crippen molar-refractivity contribution in [3.63, 3.8) is 0 Å². The van der Waals surface area contributed by atoms with Gasteiger partial charge in [-0.25, -0.2) is 4.98 Å². The maximum atomic E-state index is 13.0. The summed E-state index contributed by atoms with van der Waals surface area (Å²) in [7, 11) is 0. The average molecular weight is 469 g/mol. The van der Waals surface area contributed by atoms with Crippen LogP contribution in [-0.2, 0) is 6.54 Å². The molecule has 3 aromatic heterocycles. The summed E-state index contributed by atoms with van der Waals surface area (Å²) in [5.74, 6) is -0.00302. The Labute approximate surface area is 196 Å². The molecule has 0 aliphatic carbocycles. The van der Waals surface area contributed by atoms with E-state index >= 15 is 0 Å². The number of hydrogen-bond donors (Lipinski definition) is 2. The molecule has 4 heterocycles. The molecular weight excluding hydrogens is 444 g/mol. The number of hydrogen-bond acceptors (Lipinski definition) is 7. The van der Waals surface area contributed by atoms with E-state index in [0.29, 0.717) is 31.1 Å². The number of benzene rings is 1. The zero-order valence-electron chi connectivity index (χ0n) is 18.4. The predicted molar refractivity (Wildman–Crippen MR) is 128 cm³/mol. The number of pyridine rings is 1. The fourth-order valence-electron chi connectivity index (χ4n) is 4.06. The van der Waals surface area contributed by atoms with Gasteiger partial charge in [-0.15, -0.1) is 12.4 Å². The second kappa shape index (κ2) is 9.21. The number of β-amino-alcohol motifs (C(OH)–C–C–N with tert-alkyl or cyclic N) is 1. The number of rotatable bonds is 5. The number of nitrogens with one attached hydrogen (secondary N) is 1. The van der Waals surface area contributed by atoms with E-state index in [-0.39, 0.29) is 30.1 Å². The van der Waals surface area contributed by atoms with Crippen LogP contribution in [0.5, 0.6) is 0 Å². The minimum atomic E-state index is -0.380. The number of nitrogens with zero attached hydrogens (tertiary/aromatic N) is 5. The Morgan fingerprint density at radius 3 is 2.91 bits per heavy atom. The van der Waals surface area contributed by atoms with E-state index in [1.165, 1.54) is 6.26 Å². The number of carbonyl (C=O) groups excluding carboxylic acids is 1. The van der Waals surface area contributed by atoms with Gasteiger partial charge in [0.1, 0.15) is 6.26 Å². The van der Waals surface area contributed by atoms with Crippen LogP contribution in [0.25, 0.3) is 22.4 Å². The van der Waals surface area contributed by atoms with Crippen molar-refractivity contribution in [3.8, 4) is 11.5 Å². The van der Waals surface area contributed by atoms with Crippen molar-refractivity contribution in [1.82, 2.24) is 19.7 Å². The summed E-state index contributed by atoms with van der Waals surface area (Å²) < 4.78 is 7.43. The van der Waals surface area contributed by atoms with Gasteiger partial charge in [0.2, 0.25) is 5.89 Å². The number of aliphatic hydroxyl groups is 1. The van der Waals surface area contributed by atoms with Crippen molar-refractivity contribution < 1.29 is 14.3 Å². The van der Waals surface area contributed by atoms with Gasteiger partial charge in [-0.05, 0) is 44.5 Å². The van der Waals surface area contributed by atoms with Crippen LogP contribution in [0.4, 0.5) is 11.4 Å². The number of halogens is 1. The fraction of sp³-hybridized carbons (Fsp3) is 0.304. The number of anilines is 2. The summed E-state index contributed by atoms with van der Waals surface area (Å²) >= 11 is 0. The summed E-state index contributed by atoms with van der Waals surface area (Å²) in [6, 6.07) is 7.58. The van der Waals surface area contributed by atoms with Gasteiger partial charge >= 0.3 is 0 Å². The van der Waals surface area contributed by atoms with Crippen LogP contribution < -0.4 is 10.2 Å². The molecule has 1 aliphatic rings. The van der Waals surface area contributed by atoms with Gasteiger partial charge in [0.25, 0.3) is 5.91 Å². The Kier molecular flexibility index (Phi) is 6.35. The summed E-state index contributed by atoms with van der Waals surface area (Å²) in [4.78, 5) is 23.7. The monoisotopic (exact) mass is 468 g/mol. The van der Waals surface area contributed by atoms with E-state index < -0.39 is 0 Å². The predicted octanol–water partition coefficient (Wildman–Crippen LogP) is 3.66. The van der Waals surface area contributed by atoms with Crippen LogP contribution in [0.15, 0.2) is 47.3 Å². The van der Waals surface area contributed by atoms with Gasteiger partial charge < -0.3 is 19.7 Å². The molecule has 4 aromatic rings. The summed E-state index contributed by atoms with van der Waals surface area (Å²) in [5.41, 5.74) is 4.22. The van der Waals surface area contributed by atoms with Crippen molar-refractivity contribution >= 4 is 40.6 Å². The number of fused-ring (bicyclic) bond motifs is 1. The normalized spacial score (nSPS) is 15.6. The molecule has 1 fully saturated rings. The Hall–Kier alpha value is -3.43. The molecule has 172 valence electrons. The lowest BCUT2D eigenvalue weighted by Crippen LogP contribution is -2.23. The molecule has 1 atom stereocenters. The highest BCUT2D eigenvalue weighted by molar-refractivity contribution is 6.06. The molecule has 0 bridgehead atoms. The first-order valence-corrected chi connectivity index (χ1v) is 10.6. The highest BCUT2D eigenvalue weighted by Gasteiger charge is 2.25. The number of aryl methyl sites for hydroxylation is 2. The molecule has 1 amide bonds. The van der Waals surface area contributed by atoms with E-state index in [9.17, 15) is 9.90 Å². The molecule has 1 saturated heterocycles. The maximum Gasteiger partial charge on any atom is 0.277 e. The lowest BCUT2D eigenvalue weighted by molar-refractivity contribution is 0.102. The van der Waals surface area contributed by atoms with Crippen LogP contribution in [0, 0.1) is 6.92 Å². The van der Waals surface area contributed by atoms with Crippen LogP contribution in [-0.4, -0.2) is 50.0 Å². The lowest BCUT2D eigenvalue weighted by atomic mass is 10.1. The lowest BCUT2D eigenvalue weighted by Gasteiger charge is -2.22. The maximum absolute atomic E-state index is 13.0. The quantitative estimate of drug-likeness (QED) is 0.460. The first-order valence-electron chi connectivity index (χ1n) is 10.6. The molecule has 5 rings (SSSR count). The van der Waals surface area contributed by atoms with E-state index in [0.717, 1.165) is 34.4 Å². The third-order valence-electron chi connectivity index (χ3n) is 5.69. The van der Waals surface area contributed by atoms with Gasteiger partial charge in [-0.3, -0.25) is 14.5 Å². The SMILES string of the molecule is CCn1ncc2cc(N3CC[C@H](O)C3)c(NC(=O)c3coc(-c4ccnc(C)c4)n3)cc21.Cl. The van der Waals surface area contributed by atoms with Crippen molar-refractivity contribution in [2.45, 2.75) is 32.9 Å². The molecular formula is C23H25ClN6O3. The number of oxazole rings is 1. The minimum absolute atomic E-state index is 0. The van der Waals surface area contributed by atoms with Gasteiger partial charge in [-0.2, -0.15) is 5.10 Å². The Balaban J connectivity index is 0.00000259. The topological polar surface area (TPSA) is 109 Å². The average Bonchev–Trinajstić information content (AvgIpc) is 3.52. The number of carbonyl (C=O) groups is 1. The molecule has 33 heavy (non-hydrogen) atoms. The summed E-state index contributed by atoms with van der Waals surface area (Å²) in [6.07, 6.45) is 5.17. The third-order valence-corrected chi connectivity index (χ3v) is 5.69. The standard InChI is InChI=1S/C23H24N6O3.ClH/c1-3-29-20-10-18(21(9-16(20)11-25-29)28-7-5-17(30)12-28)26-22(31)19-13-32-23(27-19)15-4-6-24-14(2)8-15;/h4,6,8-11,13,17,30H,3,5,7,12H2,1-2H3,(H,26,31);1H/t17-;/m0./s1. The first kappa shape index (κ1) is 22.8. The second-order valence-corrected chi connectivity index (χ2v) is 7.95. The smallest absolute Gasteiger partial charge is 0.277 e. The van der Waals surface area contributed by atoms with E-state index in [2.05, 4.69) is 25.3 Å². The van der Waals surface area contributed by atoms with Crippen molar-refractivity contribution in [2.24, 2.45) is 0 Å². The molecule has 2 N–H and O–H groups in total. The highest BCUT2D eigenvalue weighted by Crippen LogP contribution is 2.34. The zero-order valence-corrected chi connectivity index (χ0v) is 19.2. The molecule has 1 aromatic carbocycles. The molecule has 0 radical (unpaired) electrons. The second-order valence-electron chi connectivity index (χ2n) is 7.95. The third kappa shape index (κ3) is 4.42. The largest absolute Gasteiger partial charge is 0.444 e. The van der Waals surface area contributed by atoms with Gasteiger partial charge in [0.05, 0.1) is 29.2 Å². The molecule has 10 heteroatoms. The van der Waals surface area contributed by atoms with Crippen molar-refractivity contribution in [3.05, 3.63) is 54.3 Å². The molecule has 1 aliphatic heterocycles. The van der Waals surface area contributed by atoms with Crippen LogP contribution in [0.3, 0.4) is 0 Å². The van der Waals surface area contributed by atoms with Crippen LogP contribution >= 0.6 is 12.4 Å². The van der Waals surface area contributed by atoms with Crippen molar-refractivity contribution in [2.75, 3.05) is 23.3 Å². The van der Waals surface area contributed by atoms with Gasteiger partial charge in [0.15, 0.2) is 5.69 Å². The number of aromatic nitrogens is 4. The van der Waals surface area contributed by atoms with E-state index in [4.69, 9.17) is 4.42 Å². The first-order chi connectivity index (χ1) is 15.5. The summed E-state index contributed by atoms with van der Waals surface area (Å²) in [5, 5.41) is 18.4. The summed E-state index contributed by atoms with van der Waals surface area (Å²) in [6.45, 7) is 5.86. The highest BCUT2D eigenvalue weighted by atomic mass is 35.5. The Bertz CT molecular complexity index is 1300. The minimum Gasteiger partial charge on any atom is -0.444 e. The Morgan fingerprint density at radius 1 is 1.33 bits per heavy atom. The van der Waals surface area contributed by atoms with E-state index in [1.54, 1.807) is 12.3 Å². The van der Waals surface area contributed by atoms with Gasteiger partial charge in [0, 0.05) is 42.5 Å². The number of aliphatic hydroxyl groups excluding tert-OH is 1. The molecule has 9 nitrogen and oxygen atoms in total. The Morgan fingerprint density at radius 2 is 2.18 bits per heavy atom. The zero-order chi connectivity index (χ0) is 22.2. The molecule has 0 spiro atoms. The van der Waals surface area contributed by atoms with Gasteiger partial charge in [-0.1, -0.05) is 0 Å². The number of amides is 1. The van der Waals surface area contributed by atoms with Crippen molar-refractivity contribution in [1.29, 1.82) is 0 Å². The fourth-order valence-corrected chi connectivity index (χ4v) is 4.06. The molecule has 0 unspecified atom stereocenters.